The first-order valence-corrected chi connectivity index (χ1v) is 9.43. The van der Waals surface area contributed by atoms with E-state index in [9.17, 15) is 9.18 Å². The molecule has 3 rings (SSSR count). The van der Waals surface area contributed by atoms with Gasteiger partial charge in [-0.15, -0.1) is 10.2 Å². The van der Waals surface area contributed by atoms with Crippen molar-refractivity contribution in [3.05, 3.63) is 53.3 Å². The van der Waals surface area contributed by atoms with Gasteiger partial charge in [0.1, 0.15) is 11.6 Å². The van der Waals surface area contributed by atoms with Gasteiger partial charge in [0.25, 0.3) is 0 Å². The number of nitrogens with two attached hydrogens (primary N) is 1. The van der Waals surface area contributed by atoms with E-state index >= 15 is 0 Å². The number of amides is 1. The van der Waals surface area contributed by atoms with E-state index in [-0.39, 0.29) is 22.5 Å². The number of ether oxygens (including phenoxy) is 1. The van der Waals surface area contributed by atoms with Gasteiger partial charge in [-0.2, -0.15) is 0 Å². The number of carbonyl (C=O) groups excluding carboxylic acids is 1. The molecule has 3 aromatic rings. The second kappa shape index (κ2) is 8.49. The van der Waals surface area contributed by atoms with Gasteiger partial charge in [0.2, 0.25) is 11.1 Å². The van der Waals surface area contributed by atoms with Gasteiger partial charge < -0.3 is 15.9 Å². The van der Waals surface area contributed by atoms with Crippen LogP contribution < -0.4 is 15.9 Å². The second-order valence-corrected chi connectivity index (χ2v) is 7.49. The van der Waals surface area contributed by atoms with Gasteiger partial charge in [0.05, 0.1) is 23.6 Å². The number of rotatable bonds is 6. The molecule has 0 aliphatic heterocycles. The zero-order valence-corrected chi connectivity index (χ0v) is 16.6. The fourth-order valence-electron chi connectivity index (χ4n) is 2.41. The highest BCUT2D eigenvalue weighted by Gasteiger charge is 2.22. The van der Waals surface area contributed by atoms with Crippen molar-refractivity contribution < 1.29 is 13.9 Å². The minimum absolute atomic E-state index is 0.171. The Morgan fingerprint density at radius 3 is 2.79 bits per heavy atom. The van der Waals surface area contributed by atoms with E-state index in [0.717, 1.165) is 16.4 Å². The molecule has 28 heavy (non-hydrogen) atoms. The molecule has 0 bridgehead atoms. The molecule has 3 N–H and O–H groups in total. The average molecular weight is 422 g/mol. The van der Waals surface area contributed by atoms with E-state index in [4.69, 9.17) is 22.2 Å². The lowest BCUT2D eigenvalue weighted by molar-refractivity contribution is -0.115. The van der Waals surface area contributed by atoms with Crippen molar-refractivity contribution in [2.24, 2.45) is 0 Å². The van der Waals surface area contributed by atoms with Crippen LogP contribution in [0.4, 0.5) is 10.1 Å². The van der Waals surface area contributed by atoms with Crippen LogP contribution in [0.15, 0.2) is 47.6 Å². The quantitative estimate of drug-likeness (QED) is 0.466. The molecule has 0 aliphatic carbocycles. The molecule has 10 heteroatoms. The number of hydrogen-bond donors (Lipinski definition) is 2. The molecule has 1 atom stereocenters. The largest absolute Gasteiger partial charge is 0.495 e. The number of halogens is 2. The molecule has 0 saturated carbocycles. The maximum atomic E-state index is 14.0. The molecular weight excluding hydrogens is 405 g/mol. The first kappa shape index (κ1) is 20.0. The average Bonchev–Trinajstić information content (AvgIpc) is 3.02. The molecule has 0 saturated heterocycles. The summed E-state index contributed by atoms with van der Waals surface area (Å²) in [5, 5.41) is 10.8. The van der Waals surface area contributed by atoms with Crippen LogP contribution in [0.3, 0.4) is 0 Å². The van der Waals surface area contributed by atoms with E-state index in [1.54, 1.807) is 43.3 Å². The van der Waals surface area contributed by atoms with Crippen LogP contribution in [0.2, 0.25) is 5.02 Å². The van der Waals surface area contributed by atoms with Crippen molar-refractivity contribution in [1.29, 1.82) is 0 Å². The molecule has 1 aromatic heterocycles. The van der Waals surface area contributed by atoms with Gasteiger partial charge in [-0.1, -0.05) is 35.5 Å². The van der Waals surface area contributed by atoms with E-state index in [0.29, 0.717) is 16.5 Å². The number of carbonyl (C=O) groups is 1. The number of benzene rings is 2. The third-order valence-electron chi connectivity index (χ3n) is 3.85. The fraction of sp³-hybridized carbons (Fsp3) is 0.167. The topological polar surface area (TPSA) is 95.1 Å². The van der Waals surface area contributed by atoms with Gasteiger partial charge in [-0.3, -0.25) is 4.79 Å². The molecule has 0 spiro atoms. The van der Waals surface area contributed by atoms with Gasteiger partial charge in [0, 0.05) is 5.02 Å². The minimum atomic E-state index is -0.566. The monoisotopic (exact) mass is 421 g/mol. The van der Waals surface area contributed by atoms with Crippen molar-refractivity contribution in [3.63, 3.8) is 0 Å². The van der Waals surface area contributed by atoms with Crippen LogP contribution in [0.1, 0.15) is 6.92 Å². The predicted molar refractivity (Wildman–Crippen MR) is 108 cm³/mol. The number of thioether (sulfide) groups is 1. The van der Waals surface area contributed by atoms with Gasteiger partial charge >= 0.3 is 0 Å². The standard InChI is InChI=1S/C18H17ClFN5O2S/c1-10(17(26)22-14-9-11(19)7-8-15(14)27-2)28-18-24-23-16(25(18)21)12-5-3-4-6-13(12)20/h3-10H,21H2,1-2H3,(H,22,26). The Bertz CT molecular complexity index is 1010. The number of nitrogen functional groups attached to an aromatic ring is 1. The molecule has 0 aliphatic rings. The smallest absolute Gasteiger partial charge is 0.237 e. The Hall–Kier alpha value is -2.78. The molecule has 0 fully saturated rings. The van der Waals surface area contributed by atoms with Crippen molar-refractivity contribution in [2.75, 3.05) is 18.3 Å². The number of hydrogen-bond acceptors (Lipinski definition) is 6. The first-order valence-electron chi connectivity index (χ1n) is 8.17. The summed E-state index contributed by atoms with van der Waals surface area (Å²) in [6.07, 6.45) is 0. The summed E-state index contributed by atoms with van der Waals surface area (Å²) in [6, 6.07) is 11.0. The Balaban J connectivity index is 1.75. The van der Waals surface area contributed by atoms with Crippen molar-refractivity contribution in [3.8, 4) is 17.1 Å². The lowest BCUT2D eigenvalue weighted by Gasteiger charge is -2.14. The summed E-state index contributed by atoms with van der Waals surface area (Å²) in [5.41, 5.74) is 0.679. The highest BCUT2D eigenvalue weighted by atomic mass is 35.5. The van der Waals surface area contributed by atoms with Gasteiger partial charge in [0.15, 0.2) is 5.82 Å². The fourth-order valence-corrected chi connectivity index (χ4v) is 3.35. The highest BCUT2D eigenvalue weighted by molar-refractivity contribution is 8.00. The molecule has 146 valence electrons. The molecule has 1 heterocycles. The third kappa shape index (κ3) is 4.20. The Morgan fingerprint density at radius 2 is 2.07 bits per heavy atom. The summed E-state index contributed by atoms with van der Waals surface area (Å²) in [4.78, 5) is 12.5. The van der Waals surface area contributed by atoms with Crippen LogP contribution in [-0.2, 0) is 4.79 Å². The Morgan fingerprint density at radius 1 is 1.32 bits per heavy atom. The summed E-state index contributed by atoms with van der Waals surface area (Å²) in [7, 11) is 1.50. The van der Waals surface area contributed by atoms with Crippen LogP contribution >= 0.6 is 23.4 Å². The van der Waals surface area contributed by atoms with Gasteiger partial charge in [-0.05, 0) is 37.3 Å². The van der Waals surface area contributed by atoms with E-state index in [1.807, 2.05) is 0 Å². The second-order valence-electron chi connectivity index (χ2n) is 5.75. The number of nitrogens with zero attached hydrogens (tertiary/aromatic N) is 3. The third-order valence-corrected chi connectivity index (χ3v) is 5.14. The zero-order valence-electron chi connectivity index (χ0n) is 15.0. The maximum absolute atomic E-state index is 14.0. The Kier molecular flexibility index (Phi) is 6.05. The number of methoxy groups -OCH3 is 1. The SMILES string of the molecule is COc1ccc(Cl)cc1NC(=O)C(C)Sc1nnc(-c2ccccc2F)n1N. The minimum Gasteiger partial charge on any atom is -0.495 e. The van der Waals surface area contributed by atoms with E-state index < -0.39 is 11.1 Å². The lowest BCUT2D eigenvalue weighted by Crippen LogP contribution is -2.24. The zero-order chi connectivity index (χ0) is 20.3. The normalized spacial score (nSPS) is 11.9. The number of nitrogens with one attached hydrogen (secondary N) is 1. The highest BCUT2D eigenvalue weighted by Crippen LogP contribution is 2.30. The molecule has 2 aromatic carbocycles. The van der Waals surface area contributed by atoms with E-state index in [2.05, 4.69) is 15.5 Å². The van der Waals surface area contributed by atoms with Crippen molar-refractivity contribution >= 4 is 35.0 Å². The summed E-state index contributed by atoms with van der Waals surface area (Å²) >= 11 is 7.07. The lowest BCUT2D eigenvalue weighted by atomic mass is 10.2. The summed E-state index contributed by atoms with van der Waals surface area (Å²) in [6.45, 7) is 1.69. The number of aromatic nitrogens is 3. The van der Waals surface area contributed by atoms with Crippen LogP contribution in [0.25, 0.3) is 11.4 Å². The molecule has 1 amide bonds. The maximum Gasteiger partial charge on any atom is 0.237 e. The summed E-state index contributed by atoms with van der Waals surface area (Å²) < 4.78 is 20.4. The first-order chi connectivity index (χ1) is 13.4. The van der Waals surface area contributed by atoms with E-state index in [1.165, 1.54) is 13.2 Å². The molecular formula is C18H17ClFN5O2S. The molecule has 0 radical (unpaired) electrons. The summed E-state index contributed by atoms with van der Waals surface area (Å²) in [5.74, 6) is 5.90. The van der Waals surface area contributed by atoms with Crippen LogP contribution in [-0.4, -0.2) is 33.1 Å². The Labute approximate surface area is 170 Å². The van der Waals surface area contributed by atoms with Crippen molar-refractivity contribution in [2.45, 2.75) is 17.3 Å². The molecule has 7 nitrogen and oxygen atoms in total. The van der Waals surface area contributed by atoms with Gasteiger partial charge in [-0.25, -0.2) is 9.07 Å². The molecule has 1 unspecified atom stereocenters. The van der Waals surface area contributed by atoms with Crippen LogP contribution in [0, 0.1) is 5.82 Å². The predicted octanol–water partition coefficient (Wildman–Crippen LogP) is 3.58. The van der Waals surface area contributed by atoms with Crippen molar-refractivity contribution in [1.82, 2.24) is 14.9 Å². The van der Waals surface area contributed by atoms with Crippen LogP contribution in [0.5, 0.6) is 5.75 Å². The number of anilines is 1.